The van der Waals surface area contributed by atoms with Gasteiger partial charge < -0.3 is 0 Å². The predicted octanol–water partition coefficient (Wildman–Crippen LogP) is 0.0597. The molecule has 0 aromatic carbocycles. The summed E-state index contributed by atoms with van der Waals surface area (Å²) >= 11 is 0. The Kier molecular flexibility index (Phi) is 3.60. The topological polar surface area (TPSA) is 58.4 Å². The first-order chi connectivity index (χ1) is 9.43. The van der Waals surface area contributed by atoms with Crippen molar-refractivity contribution >= 4 is 10.0 Å². The van der Waals surface area contributed by atoms with Gasteiger partial charge >= 0.3 is 0 Å². The van der Waals surface area contributed by atoms with E-state index in [0.29, 0.717) is 19.0 Å². The number of sulfonamides is 1. The van der Waals surface area contributed by atoms with Crippen LogP contribution in [0, 0.1) is 5.92 Å². The molecule has 0 N–H and O–H groups in total. The highest BCUT2D eigenvalue weighted by Gasteiger charge is 2.34. The Morgan fingerprint density at radius 2 is 2.15 bits per heavy atom. The van der Waals surface area contributed by atoms with Crippen molar-refractivity contribution in [2.45, 2.75) is 19.4 Å². The van der Waals surface area contributed by atoms with Crippen molar-refractivity contribution in [3.8, 4) is 0 Å². The fraction of sp³-hybridized carbons (Fsp3) is 0.769. The molecule has 112 valence electrons. The maximum Gasteiger partial charge on any atom is 0.211 e. The number of hydrogen-bond donors (Lipinski definition) is 0. The molecule has 0 unspecified atom stereocenters. The summed E-state index contributed by atoms with van der Waals surface area (Å²) < 4.78 is 26.3. The summed E-state index contributed by atoms with van der Waals surface area (Å²) in [6.07, 6.45) is 5.49. The van der Waals surface area contributed by atoms with E-state index in [4.69, 9.17) is 0 Å². The lowest BCUT2D eigenvalue weighted by atomic mass is 10.0. The van der Waals surface area contributed by atoms with Gasteiger partial charge in [0.2, 0.25) is 10.0 Å². The molecule has 1 fully saturated rings. The average molecular weight is 298 g/mol. The average Bonchev–Trinajstić information content (AvgIpc) is 2.55. The zero-order chi connectivity index (χ0) is 14.3. The minimum Gasteiger partial charge on any atom is -0.299 e. The summed E-state index contributed by atoms with van der Waals surface area (Å²) in [5.41, 5.74) is 2.67. The van der Waals surface area contributed by atoms with E-state index in [0.717, 1.165) is 32.5 Å². The summed E-state index contributed by atoms with van der Waals surface area (Å²) in [6.45, 7) is 4.37. The van der Waals surface area contributed by atoms with E-state index in [1.54, 1.807) is 4.31 Å². The van der Waals surface area contributed by atoms with Gasteiger partial charge in [0.05, 0.1) is 12.5 Å². The van der Waals surface area contributed by atoms with Gasteiger partial charge in [-0.2, -0.15) is 5.10 Å². The number of aryl methyl sites for hydroxylation is 1. The van der Waals surface area contributed by atoms with Crippen LogP contribution in [0.25, 0.3) is 0 Å². The van der Waals surface area contributed by atoms with Crippen LogP contribution in [0.3, 0.4) is 0 Å². The third kappa shape index (κ3) is 2.75. The van der Waals surface area contributed by atoms with E-state index >= 15 is 0 Å². The summed E-state index contributed by atoms with van der Waals surface area (Å²) in [7, 11) is -0.986. The molecule has 6 nitrogen and oxygen atoms in total. The van der Waals surface area contributed by atoms with Gasteiger partial charge in [0.15, 0.2) is 0 Å². The third-order valence-corrected chi connectivity index (χ3v) is 5.58. The highest BCUT2D eigenvalue weighted by atomic mass is 32.2. The molecular weight excluding hydrogens is 276 g/mol. The lowest BCUT2D eigenvalue weighted by Crippen LogP contribution is -2.53. The Morgan fingerprint density at radius 1 is 1.40 bits per heavy atom. The minimum atomic E-state index is -2.99. The first kappa shape index (κ1) is 14.0. The maximum atomic E-state index is 11.4. The van der Waals surface area contributed by atoms with Crippen molar-refractivity contribution in [3.05, 3.63) is 17.5 Å². The summed E-state index contributed by atoms with van der Waals surface area (Å²) in [5.74, 6) is 0.475. The van der Waals surface area contributed by atoms with Crippen LogP contribution in [0.15, 0.2) is 6.20 Å². The number of aromatic nitrogens is 2. The molecule has 0 spiro atoms. The fourth-order valence-corrected chi connectivity index (χ4v) is 4.15. The highest BCUT2D eigenvalue weighted by Crippen LogP contribution is 2.23. The lowest BCUT2D eigenvalue weighted by molar-refractivity contribution is 0.130. The molecule has 0 aliphatic carbocycles. The van der Waals surface area contributed by atoms with Crippen LogP contribution in [0.4, 0.5) is 0 Å². The quantitative estimate of drug-likeness (QED) is 0.792. The van der Waals surface area contributed by atoms with Gasteiger partial charge in [0.1, 0.15) is 0 Å². The van der Waals surface area contributed by atoms with Gasteiger partial charge in [-0.1, -0.05) is 0 Å². The molecule has 20 heavy (non-hydrogen) atoms. The summed E-state index contributed by atoms with van der Waals surface area (Å²) in [6, 6.07) is 0. The number of hydrogen-bond acceptors (Lipinski definition) is 4. The SMILES string of the molecule is Cn1ncc2c1CCCN(CC1CN(S(C)(=O)=O)C1)C2. The van der Waals surface area contributed by atoms with E-state index in [1.165, 1.54) is 17.5 Å². The van der Waals surface area contributed by atoms with E-state index in [1.807, 2.05) is 17.9 Å². The summed E-state index contributed by atoms with van der Waals surface area (Å²) in [5, 5.41) is 4.33. The Bertz CT molecular complexity index is 590. The molecule has 0 radical (unpaired) electrons. The first-order valence-corrected chi connectivity index (χ1v) is 8.95. The molecule has 2 aliphatic rings. The van der Waals surface area contributed by atoms with Crippen molar-refractivity contribution in [3.63, 3.8) is 0 Å². The molecule has 0 bridgehead atoms. The second kappa shape index (κ2) is 5.13. The maximum absolute atomic E-state index is 11.4. The van der Waals surface area contributed by atoms with E-state index in [9.17, 15) is 8.42 Å². The van der Waals surface area contributed by atoms with Crippen molar-refractivity contribution in [2.75, 3.05) is 32.4 Å². The fourth-order valence-electron chi connectivity index (χ4n) is 3.18. The van der Waals surface area contributed by atoms with E-state index in [2.05, 4.69) is 10.00 Å². The molecule has 3 rings (SSSR count). The van der Waals surface area contributed by atoms with Gasteiger partial charge in [-0.15, -0.1) is 0 Å². The molecule has 1 aromatic rings. The molecule has 2 aliphatic heterocycles. The highest BCUT2D eigenvalue weighted by molar-refractivity contribution is 7.88. The first-order valence-electron chi connectivity index (χ1n) is 7.10. The van der Waals surface area contributed by atoms with Crippen molar-refractivity contribution in [1.29, 1.82) is 0 Å². The largest absolute Gasteiger partial charge is 0.299 e. The second-order valence-corrected chi connectivity index (χ2v) is 8.01. The smallest absolute Gasteiger partial charge is 0.211 e. The monoisotopic (exact) mass is 298 g/mol. The van der Waals surface area contributed by atoms with E-state index in [-0.39, 0.29) is 0 Å². The lowest BCUT2D eigenvalue weighted by Gasteiger charge is -2.39. The van der Waals surface area contributed by atoms with Crippen molar-refractivity contribution in [1.82, 2.24) is 19.0 Å². The normalized spacial score (nSPS) is 22.3. The van der Waals surface area contributed by atoms with Gasteiger partial charge in [-0.25, -0.2) is 12.7 Å². The van der Waals surface area contributed by atoms with Crippen molar-refractivity contribution in [2.24, 2.45) is 13.0 Å². The molecule has 1 aromatic heterocycles. The molecule has 1 saturated heterocycles. The number of nitrogens with zero attached hydrogens (tertiary/aromatic N) is 4. The van der Waals surface area contributed by atoms with Gasteiger partial charge in [-0.05, 0) is 25.3 Å². The van der Waals surface area contributed by atoms with Crippen LogP contribution in [0.1, 0.15) is 17.7 Å². The Labute approximate surface area is 120 Å². The zero-order valence-electron chi connectivity index (χ0n) is 12.1. The number of fused-ring (bicyclic) bond motifs is 1. The minimum absolute atomic E-state index is 0.475. The molecular formula is C13H22N4O2S. The molecule has 0 amide bonds. The Balaban J connectivity index is 1.58. The Morgan fingerprint density at radius 3 is 2.85 bits per heavy atom. The Hall–Kier alpha value is -0.920. The zero-order valence-corrected chi connectivity index (χ0v) is 12.9. The standard InChI is InChI=1S/C13H22N4O2S/c1-15-13-4-3-5-16(10-12(13)6-14-15)7-11-8-17(9-11)20(2,18)19/h6,11H,3-5,7-10H2,1-2H3. The van der Waals surface area contributed by atoms with E-state index < -0.39 is 10.0 Å². The molecule has 3 heterocycles. The van der Waals surface area contributed by atoms with Crippen LogP contribution < -0.4 is 0 Å². The molecule has 0 saturated carbocycles. The molecule has 7 heteroatoms. The van der Waals surface area contributed by atoms with Crippen LogP contribution >= 0.6 is 0 Å². The van der Waals surface area contributed by atoms with Gasteiger partial charge in [0.25, 0.3) is 0 Å². The molecule has 0 atom stereocenters. The summed E-state index contributed by atoms with van der Waals surface area (Å²) in [4.78, 5) is 2.44. The van der Waals surface area contributed by atoms with Crippen LogP contribution in [-0.4, -0.2) is 59.8 Å². The van der Waals surface area contributed by atoms with Gasteiger partial charge in [0, 0.05) is 44.5 Å². The van der Waals surface area contributed by atoms with Gasteiger partial charge in [-0.3, -0.25) is 9.58 Å². The van der Waals surface area contributed by atoms with Crippen LogP contribution in [0.2, 0.25) is 0 Å². The number of rotatable bonds is 3. The van der Waals surface area contributed by atoms with Crippen molar-refractivity contribution < 1.29 is 8.42 Å². The second-order valence-electron chi connectivity index (χ2n) is 6.02. The van der Waals surface area contributed by atoms with Crippen LogP contribution in [0.5, 0.6) is 0 Å². The third-order valence-electron chi connectivity index (χ3n) is 4.34. The van der Waals surface area contributed by atoms with Crippen LogP contribution in [-0.2, 0) is 30.0 Å². The predicted molar refractivity (Wildman–Crippen MR) is 76.7 cm³/mol.